The molecule has 0 aliphatic rings. The molecule has 2 atom stereocenters. The van der Waals surface area contributed by atoms with Crippen LogP contribution in [0.5, 0.6) is 0 Å². The Morgan fingerprint density at radius 2 is 1.27 bits per heavy atom. The predicted molar refractivity (Wildman–Crippen MR) is 70.2 cm³/mol. The van der Waals surface area contributed by atoms with E-state index in [1.54, 1.807) is 0 Å². The Bertz CT molecular complexity index is 182. The molecule has 0 saturated heterocycles. The summed E-state index contributed by atoms with van der Waals surface area (Å²) in [4.78, 5) is 2.50. The van der Waals surface area contributed by atoms with Gasteiger partial charge in [0.2, 0.25) is 0 Å². The van der Waals surface area contributed by atoms with E-state index in [4.69, 9.17) is 0 Å². The third-order valence-corrected chi connectivity index (χ3v) is 3.95. The second kappa shape index (κ2) is 4.86. The summed E-state index contributed by atoms with van der Waals surface area (Å²) in [6, 6.07) is 0.627. The highest BCUT2D eigenvalue weighted by Crippen LogP contribution is 2.29. The molecule has 0 aliphatic heterocycles. The van der Waals surface area contributed by atoms with Gasteiger partial charge in [0.15, 0.2) is 0 Å². The third kappa shape index (κ3) is 5.01. The second-order valence-corrected chi connectivity index (χ2v) is 7.25. The quantitative estimate of drug-likeness (QED) is 0.684. The van der Waals surface area contributed by atoms with Crippen molar-refractivity contribution < 1.29 is 0 Å². The van der Waals surface area contributed by atoms with Gasteiger partial charge in [0, 0.05) is 12.6 Å². The molecule has 0 heterocycles. The largest absolute Gasteiger partial charge is 0.303 e. The van der Waals surface area contributed by atoms with Gasteiger partial charge in [0.05, 0.1) is 0 Å². The zero-order valence-corrected chi connectivity index (χ0v) is 12.3. The molecule has 0 aromatic rings. The van der Waals surface area contributed by atoms with E-state index in [-0.39, 0.29) is 0 Å². The van der Waals surface area contributed by atoms with Crippen LogP contribution in [-0.2, 0) is 0 Å². The van der Waals surface area contributed by atoms with E-state index in [1.807, 2.05) is 0 Å². The van der Waals surface area contributed by atoms with Crippen LogP contribution in [0.4, 0.5) is 0 Å². The number of rotatable bonds is 3. The first kappa shape index (κ1) is 15.0. The summed E-state index contributed by atoms with van der Waals surface area (Å²) in [5.41, 5.74) is 0.776. The first-order valence-corrected chi connectivity index (χ1v) is 6.16. The lowest BCUT2D eigenvalue weighted by molar-refractivity contribution is 0.0965. The molecular weight excluding hydrogens is 182 g/mol. The van der Waals surface area contributed by atoms with E-state index >= 15 is 0 Å². The maximum atomic E-state index is 2.50. The fraction of sp³-hybridized carbons (Fsp3) is 1.00. The Labute approximate surface area is 97.2 Å². The summed E-state index contributed by atoms with van der Waals surface area (Å²) in [7, 11) is 2.25. The van der Waals surface area contributed by atoms with Crippen molar-refractivity contribution in [1.82, 2.24) is 4.90 Å². The Balaban J connectivity index is 4.32. The van der Waals surface area contributed by atoms with Crippen LogP contribution in [-0.4, -0.2) is 24.5 Å². The molecule has 1 heteroatoms. The molecule has 0 N–H and O–H groups in total. The van der Waals surface area contributed by atoms with Gasteiger partial charge in [0.1, 0.15) is 0 Å². The first-order valence-electron chi connectivity index (χ1n) is 6.16. The normalized spacial score (nSPS) is 18.0. The SMILES string of the molecule is CC(CN(C)C(C)C(C)(C)C)C(C)(C)C. The fourth-order valence-corrected chi connectivity index (χ4v) is 1.53. The maximum absolute atomic E-state index is 2.50. The minimum atomic E-state index is 0.367. The van der Waals surface area contributed by atoms with Crippen molar-refractivity contribution in [2.75, 3.05) is 13.6 Å². The fourth-order valence-electron chi connectivity index (χ4n) is 1.53. The zero-order chi connectivity index (χ0) is 12.4. The molecule has 15 heavy (non-hydrogen) atoms. The van der Waals surface area contributed by atoms with Crippen LogP contribution in [0, 0.1) is 16.7 Å². The topological polar surface area (TPSA) is 3.24 Å². The molecule has 0 fully saturated rings. The van der Waals surface area contributed by atoms with E-state index in [0.29, 0.717) is 16.9 Å². The van der Waals surface area contributed by atoms with Gasteiger partial charge in [-0.15, -0.1) is 0 Å². The van der Waals surface area contributed by atoms with Gasteiger partial charge in [0.25, 0.3) is 0 Å². The number of nitrogens with zero attached hydrogens (tertiary/aromatic N) is 1. The van der Waals surface area contributed by atoms with Crippen LogP contribution < -0.4 is 0 Å². The van der Waals surface area contributed by atoms with Crippen LogP contribution in [0.15, 0.2) is 0 Å². The summed E-state index contributed by atoms with van der Waals surface area (Å²) in [5.74, 6) is 0.729. The average molecular weight is 213 g/mol. The molecule has 0 radical (unpaired) electrons. The van der Waals surface area contributed by atoms with E-state index < -0.39 is 0 Å². The standard InChI is InChI=1S/C14H31N/c1-11(13(3,4)5)10-15(9)12(2)14(6,7)8/h11-12H,10H2,1-9H3. The van der Waals surface area contributed by atoms with Gasteiger partial charge in [-0.25, -0.2) is 0 Å². The van der Waals surface area contributed by atoms with Crippen molar-refractivity contribution in [3.63, 3.8) is 0 Å². The highest BCUT2D eigenvalue weighted by Gasteiger charge is 2.27. The molecule has 0 spiro atoms. The Hall–Kier alpha value is -0.0400. The maximum Gasteiger partial charge on any atom is 0.0112 e. The highest BCUT2D eigenvalue weighted by molar-refractivity contribution is 4.80. The van der Waals surface area contributed by atoms with Crippen LogP contribution in [0.25, 0.3) is 0 Å². The monoisotopic (exact) mass is 213 g/mol. The lowest BCUT2D eigenvalue weighted by Gasteiger charge is -2.39. The summed E-state index contributed by atoms with van der Waals surface area (Å²) in [5, 5.41) is 0. The molecule has 0 bridgehead atoms. The molecule has 0 aromatic carbocycles. The predicted octanol–water partition coefficient (Wildman–Crippen LogP) is 4.04. The highest BCUT2D eigenvalue weighted by atomic mass is 15.1. The zero-order valence-electron chi connectivity index (χ0n) is 12.3. The molecule has 1 nitrogen and oxygen atoms in total. The van der Waals surface area contributed by atoms with Crippen molar-refractivity contribution in [2.45, 2.75) is 61.4 Å². The van der Waals surface area contributed by atoms with Crippen LogP contribution in [0.3, 0.4) is 0 Å². The second-order valence-electron chi connectivity index (χ2n) is 7.25. The van der Waals surface area contributed by atoms with Crippen molar-refractivity contribution in [3.8, 4) is 0 Å². The minimum Gasteiger partial charge on any atom is -0.303 e. The van der Waals surface area contributed by atoms with Gasteiger partial charge in [-0.3, -0.25) is 0 Å². The molecule has 2 unspecified atom stereocenters. The van der Waals surface area contributed by atoms with Gasteiger partial charge in [-0.1, -0.05) is 48.5 Å². The van der Waals surface area contributed by atoms with Crippen molar-refractivity contribution in [2.24, 2.45) is 16.7 Å². The van der Waals surface area contributed by atoms with Crippen molar-refractivity contribution in [1.29, 1.82) is 0 Å². The molecule has 0 rings (SSSR count). The van der Waals surface area contributed by atoms with Crippen molar-refractivity contribution >= 4 is 0 Å². The van der Waals surface area contributed by atoms with Crippen LogP contribution in [0.2, 0.25) is 0 Å². The summed E-state index contributed by atoms with van der Waals surface area (Å²) in [6.45, 7) is 19.8. The average Bonchev–Trinajstić information content (AvgIpc) is 1.99. The Kier molecular flexibility index (Phi) is 4.85. The van der Waals surface area contributed by atoms with Crippen LogP contribution >= 0.6 is 0 Å². The van der Waals surface area contributed by atoms with Crippen LogP contribution in [0.1, 0.15) is 55.4 Å². The molecular formula is C14H31N. The summed E-state index contributed by atoms with van der Waals surface area (Å²) >= 11 is 0. The van der Waals surface area contributed by atoms with E-state index in [1.165, 1.54) is 6.54 Å². The Morgan fingerprint density at radius 3 is 1.53 bits per heavy atom. The van der Waals surface area contributed by atoms with E-state index in [0.717, 1.165) is 5.92 Å². The smallest absolute Gasteiger partial charge is 0.0112 e. The molecule has 0 aromatic heterocycles. The first-order chi connectivity index (χ1) is 6.46. The lowest BCUT2D eigenvalue weighted by atomic mass is 9.80. The number of hydrogen-bond acceptors (Lipinski definition) is 1. The molecule has 0 saturated carbocycles. The van der Waals surface area contributed by atoms with E-state index in [2.05, 4.69) is 67.3 Å². The van der Waals surface area contributed by atoms with Gasteiger partial charge in [-0.05, 0) is 30.7 Å². The molecule has 0 amide bonds. The minimum absolute atomic E-state index is 0.367. The Morgan fingerprint density at radius 1 is 0.867 bits per heavy atom. The summed E-state index contributed by atoms with van der Waals surface area (Å²) < 4.78 is 0. The molecule has 0 aliphatic carbocycles. The van der Waals surface area contributed by atoms with Gasteiger partial charge < -0.3 is 4.90 Å². The van der Waals surface area contributed by atoms with E-state index in [9.17, 15) is 0 Å². The van der Waals surface area contributed by atoms with Gasteiger partial charge >= 0.3 is 0 Å². The van der Waals surface area contributed by atoms with Gasteiger partial charge in [-0.2, -0.15) is 0 Å². The summed E-state index contributed by atoms with van der Waals surface area (Å²) in [6.07, 6.45) is 0. The third-order valence-electron chi connectivity index (χ3n) is 3.95. The van der Waals surface area contributed by atoms with Crippen molar-refractivity contribution in [3.05, 3.63) is 0 Å². The lowest BCUT2D eigenvalue weighted by Crippen LogP contribution is -2.43. The number of hydrogen-bond donors (Lipinski definition) is 0. The molecule has 92 valence electrons.